The Morgan fingerprint density at radius 3 is 2.62 bits per heavy atom. The van der Waals surface area contributed by atoms with E-state index >= 15 is 0 Å². The number of nitrogens with zero attached hydrogens (tertiary/aromatic N) is 6. The van der Waals surface area contributed by atoms with Gasteiger partial charge in [0.05, 0.1) is 10.6 Å². The van der Waals surface area contributed by atoms with Crippen LogP contribution in [-0.4, -0.2) is 35.8 Å². The van der Waals surface area contributed by atoms with E-state index in [-0.39, 0.29) is 17.7 Å². The van der Waals surface area contributed by atoms with Gasteiger partial charge in [-0.05, 0) is 47.8 Å². The third kappa shape index (κ3) is 3.94. The summed E-state index contributed by atoms with van der Waals surface area (Å²) in [6.45, 7) is 0. The maximum absolute atomic E-state index is 13.3. The number of hydrazine groups is 1. The number of hydrogen-bond acceptors (Lipinski definition) is 9. The molecule has 1 amide bonds. The van der Waals surface area contributed by atoms with Crippen LogP contribution in [0.15, 0.2) is 70.8 Å². The van der Waals surface area contributed by atoms with Gasteiger partial charge in [0, 0.05) is 18.0 Å². The number of hydrogen-bond donors (Lipinski definition) is 2. The first-order chi connectivity index (χ1) is 15.7. The third-order valence-corrected chi connectivity index (χ3v) is 5.14. The van der Waals surface area contributed by atoms with Gasteiger partial charge in [-0.1, -0.05) is 11.2 Å². The zero-order chi connectivity index (χ0) is 21.9. The normalized spacial score (nSPS) is 10.8. The van der Waals surface area contributed by atoms with Crippen LogP contribution in [0.1, 0.15) is 10.6 Å². The molecular weight excluding hydrogens is 435 g/mol. The SMILES string of the molecule is O=C(NNc1nc(-c2ccncc2)no1)c1nc(-c2cccs2)n(-c2ccc(F)cc2)n1. The lowest BCUT2D eigenvalue weighted by molar-refractivity contribution is 0.0951. The summed E-state index contributed by atoms with van der Waals surface area (Å²) in [5, 5.41) is 10.0. The lowest BCUT2D eigenvalue weighted by atomic mass is 10.3. The van der Waals surface area contributed by atoms with E-state index in [1.165, 1.54) is 28.2 Å². The first kappa shape index (κ1) is 19.5. The number of halogens is 1. The van der Waals surface area contributed by atoms with Gasteiger partial charge in [0.1, 0.15) is 5.82 Å². The van der Waals surface area contributed by atoms with E-state index in [2.05, 4.69) is 36.1 Å². The molecule has 0 aliphatic carbocycles. The van der Waals surface area contributed by atoms with Gasteiger partial charge in [-0.25, -0.2) is 19.5 Å². The topological polar surface area (TPSA) is 124 Å². The van der Waals surface area contributed by atoms with Crippen LogP contribution in [0.2, 0.25) is 0 Å². The van der Waals surface area contributed by atoms with Crippen LogP contribution in [0, 0.1) is 5.82 Å². The summed E-state index contributed by atoms with van der Waals surface area (Å²) in [4.78, 5) is 25.9. The summed E-state index contributed by atoms with van der Waals surface area (Å²) in [7, 11) is 0. The Kier molecular flexibility index (Phi) is 5.09. The van der Waals surface area contributed by atoms with Crippen LogP contribution < -0.4 is 10.9 Å². The Bertz CT molecular complexity index is 1350. The van der Waals surface area contributed by atoms with Crippen molar-refractivity contribution in [3.8, 4) is 27.8 Å². The fraction of sp³-hybridized carbons (Fsp3) is 0. The number of anilines is 1. The van der Waals surface area contributed by atoms with Gasteiger partial charge in [-0.2, -0.15) is 4.98 Å². The molecule has 1 aromatic carbocycles. The van der Waals surface area contributed by atoms with Crippen molar-refractivity contribution in [1.82, 2.24) is 35.3 Å². The Balaban J connectivity index is 1.37. The molecule has 2 N–H and O–H groups in total. The Hall–Kier alpha value is -4.45. The van der Waals surface area contributed by atoms with Crippen molar-refractivity contribution in [1.29, 1.82) is 0 Å². The maximum atomic E-state index is 13.3. The van der Waals surface area contributed by atoms with E-state index in [1.54, 1.807) is 36.7 Å². The zero-order valence-electron chi connectivity index (χ0n) is 16.1. The summed E-state index contributed by atoms with van der Waals surface area (Å²) in [5.74, 6) is -0.303. The van der Waals surface area contributed by atoms with Gasteiger partial charge in [-0.3, -0.25) is 15.2 Å². The van der Waals surface area contributed by atoms with Crippen molar-refractivity contribution in [2.75, 3.05) is 5.43 Å². The average Bonchev–Trinajstić information content (AvgIpc) is 3.59. The second-order valence-electron chi connectivity index (χ2n) is 6.36. The molecule has 5 aromatic rings. The van der Waals surface area contributed by atoms with E-state index in [0.29, 0.717) is 22.9 Å². The summed E-state index contributed by atoms with van der Waals surface area (Å²) in [6.07, 6.45) is 3.21. The van der Waals surface area contributed by atoms with E-state index in [9.17, 15) is 9.18 Å². The summed E-state index contributed by atoms with van der Waals surface area (Å²) < 4.78 is 19.9. The molecule has 0 bridgehead atoms. The van der Waals surface area contributed by atoms with Crippen LogP contribution in [0.3, 0.4) is 0 Å². The number of aromatic nitrogens is 6. The molecule has 0 atom stereocenters. The fourth-order valence-electron chi connectivity index (χ4n) is 2.79. The highest BCUT2D eigenvalue weighted by molar-refractivity contribution is 7.13. The second kappa shape index (κ2) is 8.35. The molecule has 0 aliphatic rings. The first-order valence-corrected chi connectivity index (χ1v) is 10.1. The molecule has 32 heavy (non-hydrogen) atoms. The molecule has 0 spiro atoms. The lowest BCUT2D eigenvalue weighted by Crippen LogP contribution is -2.30. The quantitative estimate of drug-likeness (QED) is 0.379. The number of thiophene rings is 1. The van der Waals surface area contributed by atoms with Gasteiger partial charge in [0.25, 0.3) is 0 Å². The average molecular weight is 448 g/mol. The fourth-order valence-corrected chi connectivity index (χ4v) is 3.49. The molecule has 0 unspecified atom stereocenters. The lowest BCUT2D eigenvalue weighted by Gasteiger charge is -2.04. The molecule has 0 saturated carbocycles. The minimum absolute atomic E-state index is 0.0124. The smallest absolute Gasteiger partial charge is 0.313 e. The highest BCUT2D eigenvalue weighted by Gasteiger charge is 2.20. The highest BCUT2D eigenvalue weighted by Crippen LogP contribution is 2.25. The number of carbonyl (C=O) groups excluding carboxylic acids is 1. The zero-order valence-corrected chi connectivity index (χ0v) is 17.0. The minimum Gasteiger partial charge on any atom is -0.313 e. The number of nitrogens with one attached hydrogen (secondary N) is 2. The Labute approximate surface area is 183 Å². The molecule has 0 fully saturated rings. The predicted molar refractivity (Wildman–Crippen MR) is 113 cm³/mol. The van der Waals surface area contributed by atoms with Crippen molar-refractivity contribution in [3.05, 3.63) is 77.9 Å². The van der Waals surface area contributed by atoms with Crippen molar-refractivity contribution in [3.63, 3.8) is 0 Å². The minimum atomic E-state index is -0.618. The van der Waals surface area contributed by atoms with Gasteiger partial charge < -0.3 is 4.52 Å². The standard InChI is InChI=1S/C20H13FN8O2S/c21-13-3-5-14(6-4-13)29-18(15-2-1-11-32-15)23-17(27-29)19(30)25-26-20-24-16(28-31-20)12-7-9-22-10-8-12/h1-11H,(H,25,30)(H,24,26,28). The van der Waals surface area contributed by atoms with Crippen molar-refractivity contribution < 1.29 is 13.7 Å². The van der Waals surface area contributed by atoms with E-state index < -0.39 is 5.91 Å². The van der Waals surface area contributed by atoms with Gasteiger partial charge in [0.15, 0.2) is 5.82 Å². The van der Waals surface area contributed by atoms with E-state index in [0.717, 1.165) is 4.88 Å². The third-order valence-electron chi connectivity index (χ3n) is 4.27. The number of benzene rings is 1. The van der Waals surface area contributed by atoms with Crippen LogP contribution in [0.25, 0.3) is 27.8 Å². The summed E-state index contributed by atoms with van der Waals surface area (Å²) in [6, 6.07) is 12.9. The van der Waals surface area contributed by atoms with Gasteiger partial charge >= 0.3 is 11.9 Å². The largest absolute Gasteiger partial charge is 0.340 e. The molecule has 12 heteroatoms. The molecule has 5 rings (SSSR count). The molecule has 0 saturated heterocycles. The summed E-state index contributed by atoms with van der Waals surface area (Å²) >= 11 is 1.44. The van der Waals surface area contributed by atoms with Crippen LogP contribution in [0.4, 0.5) is 10.4 Å². The number of rotatable bonds is 6. The van der Waals surface area contributed by atoms with E-state index in [4.69, 9.17) is 4.52 Å². The molecule has 0 radical (unpaired) electrons. The van der Waals surface area contributed by atoms with Gasteiger partial charge in [0.2, 0.25) is 11.6 Å². The highest BCUT2D eigenvalue weighted by atomic mass is 32.1. The monoisotopic (exact) mass is 448 g/mol. The second-order valence-corrected chi connectivity index (χ2v) is 7.31. The Morgan fingerprint density at radius 2 is 1.88 bits per heavy atom. The molecular formula is C20H13FN8O2S. The van der Waals surface area contributed by atoms with Crippen molar-refractivity contribution in [2.45, 2.75) is 0 Å². The molecule has 158 valence electrons. The van der Waals surface area contributed by atoms with Gasteiger partial charge in [-0.15, -0.1) is 16.4 Å². The van der Waals surface area contributed by atoms with E-state index in [1.807, 2.05) is 17.5 Å². The number of pyridine rings is 1. The van der Waals surface area contributed by atoms with Crippen LogP contribution in [0.5, 0.6) is 0 Å². The molecule has 10 nitrogen and oxygen atoms in total. The number of carbonyl (C=O) groups is 1. The summed E-state index contributed by atoms with van der Waals surface area (Å²) in [5.41, 5.74) is 6.26. The molecule has 4 heterocycles. The maximum Gasteiger partial charge on any atom is 0.340 e. The number of amides is 1. The predicted octanol–water partition coefficient (Wildman–Crippen LogP) is 3.34. The Morgan fingerprint density at radius 1 is 1.06 bits per heavy atom. The first-order valence-electron chi connectivity index (χ1n) is 9.25. The van der Waals surface area contributed by atoms with Crippen LogP contribution >= 0.6 is 11.3 Å². The van der Waals surface area contributed by atoms with Crippen molar-refractivity contribution >= 4 is 23.3 Å². The van der Waals surface area contributed by atoms with Crippen molar-refractivity contribution in [2.24, 2.45) is 0 Å². The van der Waals surface area contributed by atoms with Crippen LogP contribution in [-0.2, 0) is 0 Å². The molecule has 4 aromatic heterocycles. The molecule has 0 aliphatic heterocycles.